The number of hydrogen-bond donors (Lipinski definition) is 1. The lowest BCUT2D eigenvalue weighted by Gasteiger charge is -2.28. The predicted octanol–water partition coefficient (Wildman–Crippen LogP) is 2.81. The van der Waals surface area contributed by atoms with Crippen molar-refractivity contribution in [1.29, 1.82) is 0 Å². The van der Waals surface area contributed by atoms with E-state index in [0.29, 0.717) is 30.2 Å². The third-order valence-electron chi connectivity index (χ3n) is 4.98. The molecule has 2 amide bonds. The molecule has 7 nitrogen and oxygen atoms in total. The molecule has 0 aliphatic heterocycles. The average molecular weight is 415 g/mol. The first-order valence-corrected chi connectivity index (χ1v) is 9.78. The summed E-state index contributed by atoms with van der Waals surface area (Å²) in [4.78, 5) is 26.9. The molecular formula is C23H30N2O5. The maximum atomic E-state index is 13.1. The standard InChI is InChI=1S/C23H30N2O5/c1-16(23(27)24-2)25(15-18-7-6-8-19(13-18)28-3)22(26)12-10-17-9-11-20(29-4)21(14-17)30-5/h6-9,11,13-14,16H,10,12,15H2,1-5H3,(H,24,27)/t16-/m1/s1. The van der Waals surface area contributed by atoms with Crippen molar-refractivity contribution in [2.24, 2.45) is 0 Å². The van der Waals surface area contributed by atoms with E-state index in [1.165, 1.54) is 0 Å². The molecule has 0 radical (unpaired) electrons. The number of rotatable bonds is 10. The van der Waals surface area contributed by atoms with E-state index >= 15 is 0 Å². The molecular weight excluding hydrogens is 384 g/mol. The Hall–Kier alpha value is -3.22. The number of likely N-dealkylation sites (N-methyl/N-ethyl adjacent to an activating group) is 1. The summed E-state index contributed by atoms with van der Waals surface area (Å²) in [6.45, 7) is 2.05. The highest BCUT2D eigenvalue weighted by molar-refractivity contribution is 5.87. The van der Waals surface area contributed by atoms with E-state index in [2.05, 4.69) is 5.32 Å². The zero-order valence-electron chi connectivity index (χ0n) is 18.2. The maximum absolute atomic E-state index is 13.1. The summed E-state index contributed by atoms with van der Waals surface area (Å²) in [5.41, 5.74) is 1.85. The summed E-state index contributed by atoms with van der Waals surface area (Å²) < 4.78 is 15.9. The van der Waals surface area contributed by atoms with Crippen LogP contribution in [0.5, 0.6) is 17.2 Å². The van der Waals surface area contributed by atoms with Crippen LogP contribution in [0, 0.1) is 0 Å². The highest BCUT2D eigenvalue weighted by atomic mass is 16.5. The van der Waals surface area contributed by atoms with Gasteiger partial charge >= 0.3 is 0 Å². The molecule has 0 heterocycles. The molecule has 7 heteroatoms. The van der Waals surface area contributed by atoms with Crippen LogP contribution in [0.15, 0.2) is 42.5 Å². The predicted molar refractivity (Wildman–Crippen MR) is 115 cm³/mol. The number of nitrogens with one attached hydrogen (secondary N) is 1. The molecule has 162 valence electrons. The maximum Gasteiger partial charge on any atom is 0.242 e. The van der Waals surface area contributed by atoms with E-state index in [0.717, 1.165) is 11.1 Å². The fourth-order valence-corrected chi connectivity index (χ4v) is 3.19. The van der Waals surface area contributed by atoms with Crippen LogP contribution in [0.3, 0.4) is 0 Å². The van der Waals surface area contributed by atoms with Gasteiger partial charge in [0.2, 0.25) is 11.8 Å². The fourth-order valence-electron chi connectivity index (χ4n) is 3.19. The average Bonchev–Trinajstić information content (AvgIpc) is 2.79. The van der Waals surface area contributed by atoms with Crippen LogP contribution < -0.4 is 19.5 Å². The van der Waals surface area contributed by atoms with Crippen molar-refractivity contribution in [2.75, 3.05) is 28.4 Å². The van der Waals surface area contributed by atoms with Crippen LogP contribution >= 0.6 is 0 Å². The lowest BCUT2D eigenvalue weighted by atomic mass is 10.1. The fraction of sp³-hybridized carbons (Fsp3) is 0.391. The largest absolute Gasteiger partial charge is 0.497 e. The number of benzene rings is 2. The number of nitrogens with zero attached hydrogens (tertiary/aromatic N) is 1. The Labute approximate surface area is 177 Å². The lowest BCUT2D eigenvalue weighted by Crippen LogP contribution is -2.46. The molecule has 0 bridgehead atoms. The number of hydrogen-bond acceptors (Lipinski definition) is 5. The van der Waals surface area contributed by atoms with E-state index in [4.69, 9.17) is 14.2 Å². The van der Waals surface area contributed by atoms with Gasteiger partial charge in [-0.05, 0) is 48.7 Å². The van der Waals surface area contributed by atoms with Crippen molar-refractivity contribution in [3.05, 3.63) is 53.6 Å². The van der Waals surface area contributed by atoms with Gasteiger partial charge in [0, 0.05) is 20.0 Å². The van der Waals surface area contributed by atoms with Crippen molar-refractivity contribution in [2.45, 2.75) is 32.4 Å². The van der Waals surface area contributed by atoms with E-state index in [-0.39, 0.29) is 18.2 Å². The van der Waals surface area contributed by atoms with Crippen LogP contribution in [-0.4, -0.2) is 51.1 Å². The summed E-state index contributed by atoms with van der Waals surface area (Å²) in [5, 5.41) is 2.62. The Morgan fingerprint density at radius 2 is 1.70 bits per heavy atom. The van der Waals surface area contributed by atoms with Gasteiger partial charge in [-0.3, -0.25) is 9.59 Å². The normalized spacial score (nSPS) is 11.4. The van der Waals surface area contributed by atoms with Crippen molar-refractivity contribution in [1.82, 2.24) is 10.2 Å². The molecule has 2 aromatic rings. The Morgan fingerprint density at radius 3 is 2.33 bits per heavy atom. The molecule has 0 saturated heterocycles. The van der Waals surface area contributed by atoms with E-state index < -0.39 is 6.04 Å². The quantitative estimate of drug-likeness (QED) is 0.647. The van der Waals surface area contributed by atoms with Crippen LogP contribution in [0.1, 0.15) is 24.5 Å². The summed E-state index contributed by atoms with van der Waals surface area (Å²) >= 11 is 0. The molecule has 0 saturated carbocycles. The first kappa shape index (κ1) is 23.1. The van der Waals surface area contributed by atoms with E-state index in [1.807, 2.05) is 42.5 Å². The molecule has 0 aliphatic rings. The van der Waals surface area contributed by atoms with Crippen LogP contribution in [0.2, 0.25) is 0 Å². The Bertz CT molecular complexity index is 868. The molecule has 2 rings (SSSR count). The van der Waals surface area contributed by atoms with Gasteiger partial charge in [0.15, 0.2) is 11.5 Å². The second-order valence-corrected chi connectivity index (χ2v) is 6.85. The number of ether oxygens (including phenoxy) is 3. The molecule has 0 spiro atoms. The third kappa shape index (κ3) is 5.89. The number of methoxy groups -OCH3 is 3. The topological polar surface area (TPSA) is 77.1 Å². The SMILES string of the molecule is CNC(=O)[C@@H](C)N(Cc1cccc(OC)c1)C(=O)CCc1ccc(OC)c(OC)c1. The minimum atomic E-state index is -0.598. The van der Waals surface area contributed by atoms with Crippen molar-refractivity contribution >= 4 is 11.8 Å². The van der Waals surface area contributed by atoms with Crippen LogP contribution in [-0.2, 0) is 22.6 Å². The minimum absolute atomic E-state index is 0.108. The zero-order valence-corrected chi connectivity index (χ0v) is 18.2. The van der Waals surface area contributed by atoms with Gasteiger partial charge in [0.05, 0.1) is 21.3 Å². The molecule has 0 fully saturated rings. The zero-order chi connectivity index (χ0) is 22.1. The highest BCUT2D eigenvalue weighted by Gasteiger charge is 2.25. The van der Waals surface area contributed by atoms with E-state index in [1.54, 1.807) is 40.2 Å². The van der Waals surface area contributed by atoms with Gasteiger partial charge in [0.1, 0.15) is 11.8 Å². The molecule has 1 N–H and O–H groups in total. The first-order valence-electron chi connectivity index (χ1n) is 9.78. The van der Waals surface area contributed by atoms with E-state index in [9.17, 15) is 9.59 Å². The van der Waals surface area contributed by atoms with Gasteiger partial charge in [-0.2, -0.15) is 0 Å². The van der Waals surface area contributed by atoms with Crippen LogP contribution in [0.25, 0.3) is 0 Å². The second-order valence-electron chi connectivity index (χ2n) is 6.85. The summed E-state index contributed by atoms with van der Waals surface area (Å²) in [6.07, 6.45) is 0.787. The summed E-state index contributed by atoms with van der Waals surface area (Å²) in [5.74, 6) is 1.65. The molecule has 0 aromatic heterocycles. The van der Waals surface area contributed by atoms with Gasteiger partial charge in [-0.1, -0.05) is 18.2 Å². The lowest BCUT2D eigenvalue weighted by molar-refractivity contribution is -0.140. The third-order valence-corrected chi connectivity index (χ3v) is 4.98. The molecule has 2 aromatic carbocycles. The highest BCUT2D eigenvalue weighted by Crippen LogP contribution is 2.28. The number of carbonyl (C=O) groups excluding carboxylic acids is 2. The van der Waals surface area contributed by atoms with Crippen LogP contribution in [0.4, 0.5) is 0 Å². The number of aryl methyl sites for hydroxylation is 1. The number of amides is 2. The molecule has 0 aliphatic carbocycles. The second kappa shape index (κ2) is 11.1. The Kier molecular flexibility index (Phi) is 8.53. The van der Waals surface area contributed by atoms with Crippen molar-refractivity contribution in [3.8, 4) is 17.2 Å². The van der Waals surface area contributed by atoms with Crippen molar-refractivity contribution < 1.29 is 23.8 Å². The summed E-state index contributed by atoms with van der Waals surface area (Å²) in [7, 11) is 6.32. The number of carbonyl (C=O) groups is 2. The van der Waals surface area contributed by atoms with Gasteiger partial charge < -0.3 is 24.4 Å². The first-order chi connectivity index (χ1) is 14.4. The minimum Gasteiger partial charge on any atom is -0.497 e. The molecule has 1 atom stereocenters. The van der Waals surface area contributed by atoms with Gasteiger partial charge in [-0.15, -0.1) is 0 Å². The van der Waals surface area contributed by atoms with Gasteiger partial charge in [-0.25, -0.2) is 0 Å². The smallest absolute Gasteiger partial charge is 0.242 e. The molecule has 0 unspecified atom stereocenters. The molecule has 30 heavy (non-hydrogen) atoms. The van der Waals surface area contributed by atoms with Gasteiger partial charge in [0.25, 0.3) is 0 Å². The Balaban J connectivity index is 2.16. The summed E-state index contributed by atoms with van der Waals surface area (Å²) in [6, 6.07) is 12.5. The van der Waals surface area contributed by atoms with Crippen molar-refractivity contribution in [3.63, 3.8) is 0 Å². The Morgan fingerprint density at radius 1 is 0.967 bits per heavy atom. The monoisotopic (exact) mass is 414 g/mol.